The lowest BCUT2D eigenvalue weighted by Crippen LogP contribution is -2.40. The van der Waals surface area contributed by atoms with Crippen molar-refractivity contribution < 1.29 is 23.4 Å². The van der Waals surface area contributed by atoms with E-state index in [1.807, 2.05) is 24.3 Å². The zero-order valence-electron chi connectivity index (χ0n) is 23.7. The summed E-state index contributed by atoms with van der Waals surface area (Å²) in [6.07, 6.45) is 1.40. The number of aromatic nitrogens is 1. The van der Waals surface area contributed by atoms with E-state index in [1.54, 1.807) is 64.3 Å². The summed E-state index contributed by atoms with van der Waals surface area (Å²) in [7, 11) is 1.54. The predicted molar refractivity (Wildman–Crippen MR) is 171 cm³/mol. The molecule has 0 saturated heterocycles. The molecule has 1 aliphatic heterocycles. The second kappa shape index (κ2) is 13.0. The molecule has 222 valence electrons. The Hall–Kier alpha value is -3.54. The summed E-state index contributed by atoms with van der Waals surface area (Å²) in [4.78, 5) is 32.5. The molecule has 2 heterocycles. The van der Waals surface area contributed by atoms with Crippen molar-refractivity contribution in [2.45, 2.75) is 39.5 Å². The molecule has 0 unspecified atom stereocenters. The van der Waals surface area contributed by atoms with Gasteiger partial charge in [-0.05, 0) is 84.7 Å². The van der Waals surface area contributed by atoms with Gasteiger partial charge in [-0.2, -0.15) is 0 Å². The zero-order valence-corrected chi connectivity index (χ0v) is 27.7. The van der Waals surface area contributed by atoms with Crippen LogP contribution in [0.5, 0.6) is 11.5 Å². The van der Waals surface area contributed by atoms with Crippen molar-refractivity contribution in [3.8, 4) is 11.5 Å². The average Bonchev–Trinajstić information content (AvgIpc) is 3.26. The molecule has 4 aromatic rings. The van der Waals surface area contributed by atoms with E-state index in [0.29, 0.717) is 42.1 Å². The summed E-state index contributed by atoms with van der Waals surface area (Å²) in [5.41, 5.74) is 2.22. The highest BCUT2D eigenvalue weighted by Crippen LogP contribution is 2.37. The molecule has 0 saturated carbocycles. The molecule has 3 aromatic carbocycles. The van der Waals surface area contributed by atoms with Gasteiger partial charge in [0.15, 0.2) is 4.80 Å². The van der Waals surface area contributed by atoms with Crippen LogP contribution in [0.4, 0.5) is 4.39 Å². The van der Waals surface area contributed by atoms with E-state index in [4.69, 9.17) is 14.2 Å². The molecule has 0 fully saturated rings. The van der Waals surface area contributed by atoms with Gasteiger partial charge < -0.3 is 14.2 Å². The molecule has 43 heavy (non-hydrogen) atoms. The number of esters is 1. The quantitative estimate of drug-likeness (QED) is 0.195. The van der Waals surface area contributed by atoms with Crippen molar-refractivity contribution in [3.05, 3.63) is 123 Å². The number of nitrogens with zero attached hydrogens (tertiary/aromatic N) is 2. The van der Waals surface area contributed by atoms with Crippen LogP contribution in [0.3, 0.4) is 0 Å². The number of carbonyl (C=O) groups excluding carboxylic acids is 1. The van der Waals surface area contributed by atoms with E-state index in [2.05, 4.69) is 36.9 Å². The van der Waals surface area contributed by atoms with E-state index >= 15 is 0 Å². The number of allylic oxidation sites excluding steroid dienone is 1. The first-order chi connectivity index (χ1) is 20.6. The Morgan fingerprint density at radius 2 is 1.86 bits per heavy atom. The fourth-order valence-corrected chi connectivity index (χ4v) is 6.66. The smallest absolute Gasteiger partial charge is 0.338 e. The van der Waals surface area contributed by atoms with E-state index in [0.717, 1.165) is 10.0 Å². The van der Waals surface area contributed by atoms with Gasteiger partial charge in [0, 0.05) is 15.6 Å². The molecular weight excluding hydrogens is 703 g/mol. The van der Waals surface area contributed by atoms with Gasteiger partial charge in [-0.3, -0.25) is 9.36 Å². The minimum absolute atomic E-state index is 0.0726. The maximum atomic E-state index is 14.0. The van der Waals surface area contributed by atoms with Crippen LogP contribution in [-0.4, -0.2) is 23.8 Å². The van der Waals surface area contributed by atoms with Crippen molar-refractivity contribution in [3.63, 3.8) is 0 Å². The molecule has 1 aliphatic rings. The van der Waals surface area contributed by atoms with Crippen LogP contribution in [0.1, 0.15) is 43.5 Å². The first-order valence-electron chi connectivity index (χ1n) is 13.3. The third-order valence-corrected chi connectivity index (χ3v) is 8.76. The lowest BCUT2D eigenvalue weighted by atomic mass is 9.95. The van der Waals surface area contributed by atoms with Crippen LogP contribution >= 0.6 is 43.2 Å². The first kappa shape index (κ1) is 30.9. The average molecular weight is 730 g/mol. The number of benzene rings is 3. The second-order valence-electron chi connectivity index (χ2n) is 9.99. The van der Waals surface area contributed by atoms with Crippen LogP contribution in [0.2, 0.25) is 0 Å². The fraction of sp³-hybridized carbons (Fsp3) is 0.219. The number of thiazole rings is 1. The van der Waals surface area contributed by atoms with Crippen LogP contribution in [-0.2, 0) is 16.1 Å². The minimum atomic E-state index is -0.821. The van der Waals surface area contributed by atoms with Gasteiger partial charge in [0.25, 0.3) is 5.56 Å². The van der Waals surface area contributed by atoms with Gasteiger partial charge in [0.1, 0.15) is 30.0 Å². The lowest BCUT2D eigenvalue weighted by molar-refractivity contribution is -0.143. The number of fused-ring (bicyclic) bond motifs is 1. The van der Waals surface area contributed by atoms with E-state index < -0.39 is 12.0 Å². The number of ether oxygens (including phenoxy) is 3. The Balaban J connectivity index is 1.57. The van der Waals surface area contributed by atoms with Gasteiger partial charge in [0.05, 0.1) is 33.5 Å². The third-order valence-electron chi connectivity index (χ3n) is 6.67. The number of hydrogen-bond acceptors (Lipinski definition) is 7. The summed E-state index contributed by atoms with van der Waals surface area (Å²) in [6, 6.07) is 16.5. The molecule has 0 amide bonds. The van der Waals surface area contributed by atoms with Crippen LogP contribution in [0, 0.1) is 5.82 Å². The van der Waals surface area contributed by atoms with Gasteiger partial charge in [-0.25, -0.2) is 14.2 Å². The van der Waals surface area contributed by atoms with Crippen LogP contribution in [0.15, 0.2) is 90.7 Å². The summed E-state index contributed by atoms with van der Waals surface area (Å²) >= 11 is 8.27. The predicted octanol–water partition coefficient (Wildman–Crippen LogP) is 6.44. The Bertz CT molecular complexity index is 1930. The lowest BCUT2D eigenvalue weighted by Gasteiger charge is -2.26. The summed E-state index contributed by atoms with van der Waals surface area (Å²) in [6.45, 7) is 5.35. The van der Waals surface area contributed by atoms with Crippen LogP contribution in [0.25, 0.3) is 6.08 Å². The molecule has 5 rings (SSSR count). The summed E-state index contributed by atoms with van der Waals surface area (Å²) < 4.78 is 34.4. The Labute approximate surface area is 268 Å². The van der Waals surface area contributed by atoms with Crippen molar-refractivity contribution in [2.75, 3.05) is 7.11 Å². The van der Waals surface area contributed by atoms with E-state index in [-0.39, 0.29) is 29.7 Å². The fourth-order valence-electron chi connectivity index (χ4n) is 4.72. The molecule has 7 nitrogen and oxygen atoms in total. The minimum Gasteiger partial charge on any atom is -0.496 e. The van der Waals surface area contributed by atoms with Gasteiger partial charge in [0.2, 0.25) is 0 Å². The monoisotopic (exact) mass is 728 g/mol. The van der Waals surface area contributed by atoms with Crippen molar-refractivity contribution in [1.29, 1.82) is 0 Å². The molecule has 1 aromatic heterocycles. The normalized spacial score (nSPS) is 14.9. The van der Waals surface area contributed by atoms with Crippen molar-refractivity contribution in [2.24, 2.45) is 4.99 Å². The summed E-state index contributed by atoms with van der Waals surface area (Å²) in [5, 5.41) is 0. The Morgan fingerprint density at radius 1 is 1.12 bits per heavy atom. The largest absolute Gasteiger partial charge is 0.496 e. The first-order valence-corrected chi connectivity index (χ1v) is 15.7. The molecule has 0 bridgehead atoms. The molecular formula is C32H27Br2FN2O5S. The highest BCUT2D eigenvalue weighted by Gasteiger charge is 2.35. The van der Waals surface area contributed by atoms with Crippen molar-refractivity contribution >= 4 is 55.2 Å². The molecule has 0 aliphatic carbocycles. The Morgan fingerprint density at radius 3 is 2.56 bits per heavy atom. The maximum absolute atomic E-state index is 14.0. The molecule has 1 atom stereocenters. The highest BCUT2D eigenvalue weighted by atomic mass is 79.9. The molecule has 11 heteroatoms. The number of carbonyl (C=O) groups is 1. The second-order valence-corrected chi connectivity index (χ2v) is 12.8. The molecule has 0 spiro atoms. The summed E-state index contributed by atoms with van der Waals surface area (Å²) in [5.74, 6) is 0.169. The maximum Gasteiger partial charge on any atom is 0.338 e. The SMILES string of the molecule is COc1ccc(Br)cc1[C@H]1C(C(=O)OC(C)C)=C(C)N=c2s/c(=C\c3ccc(OCc4ccccc4F)c(Br)c3)c(=O)n21. The Kier molecular flexibility index (Phi) is 9.33. The van der Waals surface area contributed by atoms with Gasteiger partial charge in [-0.1, -0.05) is 51.5 Å². The zero-order chi connectivity index (χ0) is 30.8. The third kappa shape index (κ3) is 6.53. The van der Waals surface area contributed by atoms with Gasteiger partial charge in [-0.15, -0.1) is 0 Å². The van der Waals surface area contributed by atoms with Crippen molar-refractivity contribution in [1.82, 2.24) is 4.57 Å². The number of hydrogen-bond donors (Lipinski definition) is 0. The number of halogens is 3. The molecule has 0 N–H and O–H groups in total. The molecule has 0 radical (unpaired) electrons. The number of rotatable bonds is 8. The number of methoxy groups -OCH3 is 1. The van der Waals surface area contributed by atoms with Gasteiger partial charge >= 0.3 is 5.97 Å². The van der Waals surface area contributed by atoms with Crippen LogP contribution < -0.4 is 24.4 Å². The standard InChI is InChI=1S/C32H27Br2FN2O5S/c1-17(2)42-31(39)28-18(3)36-32-37(29(28)22-15-21(33)10-12-25(22)40-4)30(38)27(43-32)14-19-9-11-26(23(34)13-19)41-16-20-7-5-6-8-24(20)35/h5-15,17,29H,16H2,1-4H3/b27-14-/t29-/m0/s1. The highest BCUT2D eigenvalue weighted by molar-refractivity contribution is 9.10. The van der Waals surface area contributed by atoms with E-state index in [1.165, 1.54) is 22.0 Å². The topological polar surface area (TPSA) is 79.1 Å². The van der Waals surface area contributed by atoms with E-state index in [9.17, 15) is 14.0 Å².